The van der Waals surface area contributed by atoms with Gasteiger partial charge in [-0.2, -0.15) is 0 Å². The number of carbonyl (C=O) groups excluding carboxylic acids is 1. The molecule has 1 unspecified atom stereocenters. The van der Waals surface area contributed by atoms with E-state index in [4.69, 9.17) is 4.74 Å². The number of hydrogen-bond acceptors (Lipinski definition) is 5. The van der Waals surface area contributed by atoms with Crippen LogP contribution in [0, 0.1) is 0 Å². The van der Waals surface area contributed by atoms with Gasteiger partial charge < -0.3 is 9.47 Å². The average Bonchev–Trinajstić information content (AvgIpc) is 1.98. The summed E-state index contributed by atoms with van der Waals surface area (Å²) in [6.07, 6.45) is -0.321. The van der Waals surface area contributed by atoms with Gasteiger partial charge in [0.15, 0.2) is 6.23 Å². The molecule has 4 nitrogen and oxygen atoms in total. The molecule has 0 fully saturated rings. The molecule has 0 amide bonds. The SMILES string of the molecule is CC(=O)OCCOC(C)N=C=S. The zero-order valence-electron chi connectivity index (χ0n) is 7.07. The van der Waals surface area contributed by atoms with Crippen molar-refractivity contribution in [3.05, 3.63) is 0 Å². The van der Waals surface area contributed by atoms with Gasteiger partial charge in [0.05, 0.1) is 11.8 Å². The number of thiocarbonyl (C=S) groups is 1. The molecule has 0 aromatic carbocycles. The maximum absolute atomic E-state index is 10.3. The van der Waals surface area contributed by atoms with Crippen molar-refractivity contribution >= 4 is 23.3 Å². The van der Waals surface area contributed by atoms with E-state index >= 15 is 0 Å². The molecular weight excluding hydrogens is 178 g/mol. The van der Waals surface area contributed by atoms with Crippen LogP contribution < -0.4 is 0 Å². The lowest BCUT2D eigenvalue weighted by Crippen LogP contribution is -2.12. The zero-order valence-corrected chi connectivity index (χ0v) is 7.89. The van der Waals surface area contributed by atoms with E-state index in [2.05, 4.69) is 27.1 Å². The summed E-state index contributed by atoms with van der Waals surface area (Å²) in [5.41, 5.74) is 0. The number of carbonyl (C=O) groups is 1. The molecule has 0 heterocycles. The van der Waals surface area contributed by atoms with Gasteiger partial charge in [-0.25, -0.2) is 4.99 Å². The van der Waals surface area contributed by atoms with Crippen molar-refractivity contribution in [2.24, 2.45) is 4.99 Å². The molecule has 5 heteroatoms. The summed E-state index contributed by atoms with van der Waals surface area (Å²) in [6.45, 7) is 3.64. The number of nitrogens with zero attached hydrogens (tertiary/aromatic N) is 1. The monoisotopic (exact) mass is 189 g/mol. The second-order valence-electron chi connectivity index (χ2n) is 2.03. The Hall–Kier alpha value is -0.770. The van der Waals surface area contributed by atoms with Crippen LogP contribution >= 0.6 is 12.2 Å². The van der Waals surface area contributed by atoms with Crippen molar-refractivity contribution in [2.75, 3.05) is 13.2 Å². The molecule has 0 aliphatic carbocycles. The highest BCUT2D eigenvalue weighted by molar-refractivity contribution is 7.78. The minimum absolute atomic E-state index is 0.243. The lowest BCUT2D eigenvalue weighted by Gasteiger charge is -2.06. The maximum atomic E-state index is 10.3. The van der Waals surface area contributed by atoms with E-state index in [9.17, 15) is 4.79 Å². The van der Waals surface area contributed by atoms with Crippen molar-refractivity contribution in [3.8, 4) is 0 Å². The third-order valence-corrected chi connectivity index (χ3v) is 1.09. The summed E-state index contributed by atoms with van der Waals surface area (Å²) in [5.74, 6) is -0.315. The number of rotatable bonds is 5. The van der Waals surface area contributed by atoms with Gasteiger partial charge in [-0.15, -0.1) is 0 Å². The number of ether oxygens (including phenoxy) is 2. The van der Waals surface area contributed by atoms with Crippen LogP contribution in [0.15, 0.2) is 4.99 Å². The fraction of sp³-hybridized carbons (Fsp3) is 0.714. The zero-order chi connectivity index (χ0) is 9.40. The molecule has 68 valence electrons. The van der Waals surface area contributed by atoms with Crippen molar-refractivity contribution < 1.29 is 14.3 Å². The summed E-state index contributed by atoms with van der Waals surface area (Å²) in [7, 11) is 0. The summed E-state index contributed by atoms with van der Waals surface area (Å²) >= 11 is 4.37. The van der Waals surface area contributed by atoms with Crippen LogP contribution in [0.1, 0.15) is 13.8 Å². The highest BCUT2D eigenvalue weighted by atomic mass is 32.1. The standard InChI is InChI=1S/C7H11NO3S/c1-6(8-5-12)10-3-4-11-7(2)9/h6H,3-4H2,1-2H3. The Morgan fingerprint density at radius 2 is 2.33 bits per heavy atom. The molecule has 1 atom stereocenters. The van der Waals surface area contributed by atoms with Gasteiger partial charge in [-0.05, 0) is 19.1 Å². The van der Waals surface area contributed by atoms with Gasteiger partial charge in [0.2, 0.25) is 0 Å². The molecule has 0 saturated carbocycles. The number of esters is 1. The van der Waals surface area contributed by atoms with Gasteiger partial charge in [0.25, 0.3) is 0 Å². The second kappa shape index (κ2) is 6.91. The summed E-state index contributed by atoms with van der Waals surface area (Å²) in [4.78, 5) is 13.9. The predicted octanol–water partition coefficient (Wildman–Crippen LogP) is 1.01. The van der Waals surface area contributed by atoms with Crippen LogP contribution in [0.2, 0.25) is 0 Å². The topological polar surface area (TPSA) is 47.9 Å². The Morgan fingerprint density at radius 3 is 2.83 bits per heavy atom. The predicted molar refractivity (Wildman–Crippen MR) is 47.1 cm³/mol. The van der Waals surface area contributed by atoms with Crippen LogP contribution in [0.25, 0.3) is 0 Å². The quantitative estimate of drug-likeness (QED) is 0.280. The third-order valence-electron chi connectivity index (χ3n) is 0.982. The van der Waals surface area contributed by atoms with Crippen molar-refractivity contribution in [1.82, 2.24) is 0 Å². The fourth-order valence-electron chi connectivity index (χ4n) is 0.516. The summed E-state index contributed by atoms with van der Waals surface area (Å²) in [5, 5.41) is 2.19. The first-order chi connectivity index (χ1) is 5.66. The van der Waals surface area contributed by atoms with E-state index in [0.29, 0.717) is 6.61 Å². The van der Waals surface area contributed by atoms with Crippen LogP contribution in [-0.2, 0) is 14.3 Å². The van der Waals surface area contributed by atoms with Crippen molar-refractivity contribution in [1.29, 1.82) is 0 Å². The molecule has 0 N–H and O–H groups in total. The second-order valence-corrected chi connectivity index (χ2v) is 2.21. The number of hydrogen-bond donors (Lipinski definition) is 0. The summed E-state index contributed by atoms with van der Waals surface area (Å²) in [6, 6.07) is 0. The largest absolute Gasteiger partial charge is 0.463 e. The molecule has 0 aromatic heterocycles. The van der Waals surface area contributed by atoms with Gasteiger partial charge in [0, 0.05) is 6.92 Å². The minimum Gasteiger partial charge on any atom is -0.463 e. The summed E-state index contributed by atoms with van der Waals surface area (Å²) < 4.78 is 9.68. The van der Waals surface area contributed by atoms with E-state index in [0.717, 1.165) is 0 Å². The Morgan fingerprint density at radius 1 is 1.67 bits per heavy atom. The molecular formula is C7H11NO3S. The average molecular weight is 189 g/mol. The Labute approximate surface area is 76.6 Å². The first kappa shape index (κ1) is 11.2. The highest BCUT2D eigenvalue weighted by Gasteiger charge is 1.97. The van der Waals surface area contributed by atoms with Crippen molar-refractivity contribution in [2.45, 2.75) is 20.1 Å². The fourth-order valence-corrected chi connectivity index (χ4v) is 0.664. The number of aliphatic imine (C=N–C) groups is 1. The maximum Gasteiger partial charge on any atom is 0.302 e. The van der Waals surface area contributed by atoms with E-state index in [1.54, 1.807) is 6.92 Å². The molecule has 0 aliphatic heterocycles. The van der Waals surface area contributed by atoms with E-state index in [1.165, 1.54) is 6.92 Å². The molecule has 0 spiro atoms. The lowest BCUT2D eigenvalue weighted by molar-refractivity contribution is -0.143. The molecule has 0 rings (SSSR count). The molecule has 0 bridgehead atoms. The van der Waals surface area contributed by atoms with Gasteiger partial charge in [0.1, 0.15) is 6.61 Å². The van der Waals surface area contributed by atoms with Gasteiger partial charge in [-0.1, -0.05) is 0 Å². The molecule has 0 saturated heterocycles. The lowest BCUT2D eigenvalue weighted by atomic mass is 10.6. The van der Waals surface area contributed by atoms with Crippen molar-refractivity contribution in [3.63, 3.8) is 0 Å². The Kier molecular flexibility index (Phi) is 6.47. The smallest absolute Gasteiger partial charge is 0.302 e. The Bertz CT molecular complexity index is 189. The molecule has 0 radical (unpaired) electrons. The molecule has 0 aromatic rings. The first-order valence-electron chi connectivity index (χ1n) is 3.48. The minimum atomic E-state index is -0.321. The number of isothiocyanates is 1. The van der Waals surface area contributed by atoms with E-state index < -0.39 is 0 Å². The third kappa shape index (κ3) is 7.34. The van der Waals surface area contributed by atoms with E-state index in [-0.39, 0.29) is 18.8 Å². The highest BCUT2D eigenvalue weighted by Crippen LogP contribution is 1.90. The normalized spacial score (nSPS) is 11.5. The Balaban J connectivity index is 3.31. The molecule has 0 aliphatic rings. The van der Waals surface area contributed by atoms with Crippen LogP contribution in [0.3, 0.4) is 0 Å². The van der Waals surface area contributed by atoms with E-state index in [1.807, 2.05) is 0 Å². The first-order valence-corrected chi connectivity index (χ1v) is 3.89. The van der Waals surface area contributed by atoms with Gasteiger partial charge in [-0.3, -0.25) is 4.79 Å². The molecule has 12 heavy (non-hydrogen) atoms. The van der Waals surface area contributed by atoms with Crippen LogP contribution in [-0.4, -0.2) is 30.6 Å². The van der Waals surface area contributed by atoms with Crippen LogP contribution in [0.4, 0.5) is 0 Å². The van der Waals surface area contributed by atoms with Gasteiger partial charge >= 0.3 is 5.97 Å². The van der Waals surface area contributed by atoms with Crippen LogP contribution in [0.5, 0.6) is 0 Å².